The van der Waals surface area contributed by atoms with E-state index >= 15 is 0 Å². The molecule has 1 heterocycles. The first kappa shape index (κ1) is 9.57. The third-order valence-corrected chi connectivity index (χ3v) is 2.40. The molecular weight excluding hydrogens is 148 g/mol. The Morgan fingerprint density at radius 3 is 2.92 bits per heavy atom. The third-order valence-electron chi connectivity index (χ3n) is 2.40. The van der Waals surface area contributed by atoms with Gasteiger partial charge in [-0.3, -0.25) is 0 Å². The molecule has 1 N–H and O–H groups in total. The van der Waals surface area contributed by atoms with E-state index < -0.39 is 0 Å². The second kappa shape index (κ2) is 5.18. The first-order chi connectivity index (χ1) is 5.84. The number of likely N-dealkylation sites (tertiary alicyclic amines) is 1. The zero-order chi connectivity index (χ0) is 8.81. The van der Waals surface area contributed by atoms with Crippen LogP contribution in [0.3, 0.4) is 0 Å². The fourth-order valence-corrected chi connectivity index (χ4v) is 1.58. The lowest BCUT2D eigenvalue weighted by molar-refractivity contribution is 0.315. The maximum atomic E-state index is 3.20. The Kier molecular flexibility index (Phi) is 4.13. The van der Waals surface area contributed by atoms with E-state index in [2.05, 4.69) is 29.1 Å². The molecule has 0 radical (unpaired) electrons. The smallest absolute Gasteiger partial charge is 0.0574 e. The molecule has 0 aliphatic carbocycles. The molecule has 1 fully saturated rings. The summed E-state index contributed by atoms with van der Waals surface area (Å²) in [6, 6.07) is 0.717. The summed E-state index contributed by atoms with van der Waals surface area (Å²) >= 11 is 0. The van der Waals surface area contributed by atoms with Crippen LogP contribution in [-0.2, 0) is 0 Å². The summed E-state index contributed by atoms with van der Waals surface area (Å²) in [5.41, 5.74) is 0. The lowest BCUT2D eigenvalue weighted by atomic mass is 10.1. The van der Waals surface area contributed by atoms with Crippen molar-refractivity contribution in [2.24, 2.45) is 0 Å². The van der Waals surface area contributed by atoms with Gasteiger partial charge in [0.2, 0.25) is 0 Å². The second-order valence-corrected chi connectivity index (χ2v) is 3.36. The minimum Gasteiger partial charge on any atom is -0.309 e. The van der Waals surface area contributed by atoms with E-state index in [-0.39, 0.29) is 0 Å². The minimum absolute atomic E-state index is 0.717. The summed E-state index contributed by atoms with van der Waals surface area (Å²) in [6.07, 6.45) is 3.71. The van der Waals surface area contributed by atoms with Gasteiger partial charge in [0.25, 0.3) is 0 Å². The highest BCUT2D eigenvalue weighted by atomic mass is 15.1. The van der Waals surface area contributed by atoms with Crippen LogP contribution in [0.1, 0.15) is 19.3 Å². The SMILES string of the molecule is CNCC#CCC1CCCN1C. The average Bonchev–Trinajstić information content (AvgIpc) is 2.46. The molecule has 1 atom stereocenters. The molecule has 68 valence electrons. The predicted molar refractivity (Wildman–Crippen MR) is 52.0 cm³/mol. The number of nitrogens with one attached hydrogen (secondary N) is 1. The van der Waals surface area contributed by atoms with Crippen LogP contribution in [0.2, 0.25) is 0 Å². The van der Waals surface area contributed by atoms with E-state index in [1.807, 2.05) is 7.05 Å². The van der Waals surface area contributed by atoms with Crippen molar-refractivity contribution in [2.75, 3.05) is 27.2 Å². The average molecular weight is 166 g/mol. The first-order valence-electron chi connectivity index (χ1n) is 4.65. The fraction of sp³-hybridized carbons (Fsp3) is 0.800. The van der Waals surface area contributed by atoms with Crippen molar-refractivity contribution in [1.29, 1.82) is 0 Å². The van der Waals surface area contributed by atoms with Gasteiger partial charge in [0, 0.05) is 12.5 Å². The Labute approximate surface area is 75.3 Å². The minimum atomic E-state index is 0.717. The van der Waals surface area contributed by atoms with Gasteiger partial charge in [0.1, 0.15) is 0 Å². The molecule has 1 unspecified atom stereocenters. The maximum Gasteiger partial charge on any atom is 0.0574 e. The Morgan fingerprint density at radius 1 is 1.50 bits per heavy atom. The molecule has 1 rings (SSSR count). The third kappa shape index (κ3) is 2.84. The van der Waals surface area contributed by atoms with Crippen LogP contribution >= 0.6 is 0 Å². The second-order valence-electron chi connectivity index (χ2n) is 3.36. The van der Waals surface area contributed by atoms with Gasteiger partial charge >= 0.3 is 0 Å². The summed E-state index contributed by atoms with van der Waals surface area (Å²) in [6.45, 7) is 2.06. The molecule has 0 bridgehead atoms. The normalized spacial score (nSPS) is 23.7. The molecule has 0 aromatic carbocycles. The van der Waals surface area contributed by atoms with Crippen molar-refractivity contribution in [3.63, 3.8) is 0 Å². The highest BCUT2D eigenvalue weighted by molar-refractivity contribution is 5.03. The van der Waals surface area contributed by atoms with Crippen LogP contribution in [-0.4, -0.2) is 38.1 Å². The first-order valence-corrected chi connectivity index (χ1v) is 4.65. The number of rotatable bonds is 2. The van der Waals surface area contributed by atoms with E-state index in [1.165, 1.54) is 19.4 Å². The van der Waals surface area contributed by atoms with Gasteiger partial charge in [-0.15, -0.1) is 5.92 Å². The Morgan fingerprint density at radius 2 is 2.33 bits per heavy atom. The topological polar surface area (TPSA) is 15.3 Å². The number of hydrogen-bond donors (Lipinski definition) is 1. The molecular formula is C10H18N2. The molecule has 0 aromatic heterocycles. The van der Waals surface area contributed by atoms with Gasteiger partial charge in [-0.2, -0.15) is 0 Å². The molecule has 2 heteroatoms. The van der Waals surface area contributed by atoms with Crippen molar-refractivity contribution in [1.82, 2.24) is 10.2 Å². The van der Waals surface area contributed by atoms with Gasteiger partial charge in [-0.25, -0.2) is 0 Å². The van der Waals surface area contributed by atoms with E-state index in [0.29, 0.717) is 6.04 Å². The van der Waals surface area contributed by atoms with Crippen LogP contribution in [0.15, 0.2) is 0 Å². The van der Waals surface area contributed by atoms with Crippen molar-refractivity contribution in [3.05, 3.63) is 0 Å². The van der Waals surface area contributed by atoms with E-state index in [4.69, 9.17) is 0 Å². The zero-order valence-electron chi connectivity index (χ0n) is 8.06. The Balaban J connectivity index is 2.19. The molecule has 0 amide bonds. The highest BCUT2D eigenvalue weighted by Crippen LogP contribution is 2.16. The molecule has 0 spiro atoms. The molecule has 0 aromatic rings. The van der Waals surface area contributed by atoms with Crippen molar-refractivity contribution in [2.45, 2.75) is 25.3 Å². The van der Waals surface area contributed by atoms with Crippen LogP contribution < -0.4 is 5.32 Å². The van der Waals surface area contributed by atoms with Crippen molar-refractivity contribution >= 4 is 0 Å². The van der Waals surface area contributed by atoms with E-state index in [1.54, 1.807) is 0 Å². The van der Waals surface area contributed by atoms with Crippen LogP contribution in [0, 0.1) is 11.8 Å². The van der Waals surface area contributed by atoms with E-state index in [9.17, 15) is 0 Å². The van der Waals surface area contributed by atoms with Crippen LogP contribution in [0.5, 0.6) is 0 Å². The van der Waals surface area contributed by atoms with Crippen LogP contribution in [0.25, 0.3) is 0 Å². The monoisotopic (exact) mass is 166 g/mol. The van der Waals surface area contributed by atoms with Gasteiger partial charge < -0.3 is 10.2 Å². The summed E-state index contributed by atoms with van der Waals surface area (Å²) < 4.78 is 0. The quantitative estimate of drug-likeness (QED) is 0.607. The van der Waals surface area contributed by atoms with Crippen LogP contribution in [0.4, 0.5) is 0 Å². The standard InChI is InChI=1S/C10H18N2/c1-11-8-4-3-6-10-7-5-9-12(10)2/h10-11H,5-9H2,1-2H3. The Hall–Kier alpha value is -0.520. The molecule has 1 saturated heterocycles. The molecule has 0 saturated carbocycles. The molecule has 12 heavy (non-hydrogen) atoms. The van der Waals surface area contributed by atoms with Gasteiger partial charge in [0.15, 0.2) is 0 Å². The maximum absolute atomic E-state index is 3.20. The molecule has 1 aliphatic rings. The van der Waals surface area contributed by atoms with E-state index in [0.717, 1.165) is 13.0 Å². The fourth-order valence-electron chi connectivity index (χ4n) is 1.58. The zero-order valence-corrected chi connectivity index (χ0v) is 8.06. The van der Waals surface area contributed by atoms with Gasteiger partial charge in [-0.05, 0) is 33.5 Å². The summed E-state index contributed by atoms with van der Waals surface area (Å²) in [5, 5.41) is 3.02. The van der Waals surface area contributed by atoms with Crippen molar-refractivity contribution in [3.8, 4) is 11.8 Å². The molecule has 1 aliphatic heterocycles. The summed E-state index contributed by atoms with van der Waals surface area (Å²) in [7, 11) is 4.12. The lowest BCUT2D eigenvalue weighted by Gasteiger charge is -2.15. The summed E-state index contributed by atoms with van der Waals surface area (Å²) in [4.78, 5) is 2.41. The van der Waals surface area contributed by atoms with Crippen molar-refractivity contribution < 1.29 is 0 Å². The number of nitrogens with zero attached hydrogens (tertiary/aromatic N) is 1. The highest BCUT2D eigenvalue weighted by Gasteiger charge is 2.18. The van der Waals surface area contributed by atoms with Gasteiger partial charge in [0.05, 0.1) is 6.54 Å². The lowest BCUT2D eigenvalue weighted by Crippen LogP contribution is -2.24. The number of hydrogen-bond acceptors (Lipinski definition) is 2. The van der Waals surface area contributed by atoms with Gasteiger partial charge in [-0.1, -0.05) is 5.92 Å². The Bertz CT molecular complexity index is 178. The molecule has 2 nitrogen and oxygen atoms in total. The summed E-state index contributed by atoms with van der Waals surface area (Å²) in [5.74, 6) is 6.30. The predicted octanol–water partition coefficient (Wildman–Crippen LogP) is 0.694. The largest absolute Gasteiger partial charge is 0.309 e.